The number of hydrogen-bond acceptors (Lipinski definition) is 2. The topological polar surface area (TPSA) is 16.1 Å². The van der Waals surface area contributed by atoms with Gasteiger partial charge in [-0.2, -0.15) is 0 Å². The van der Waals surface area contributed by atoms with Crippen molar-refractivity contribution in [3.8, 4) is 11.1 Å². The van der Waals surface area contributed by atoms with Crippen molar-refractivity contribution in [3.05, 3.63) is 108 Å². The van der Waals surface area contributed by atoms with Gasteiger partial charge in [-0.05, 0) is 53.6 Å². The van der Waals surface area contributed by atoms with Crippen LogP contribution >= 0.6 is 0 Å². The molecule has 0 amide bonds. The SMILES string of the molecule is c1ccc(N(c2ccccc2)c2ccc3c(c2)-c2cccnc2C3)cc1. The van der Waals surface area contributed by atoms with E-state index in [0.717, 1.165) is 23.5 Å². The Morgan fingerprint density at radius 3 is 2.00 bits per heavy atom. The van der Waals surface area contributed by atoms with E-state index in [-0.39, 0.29) is 0 Å². The van der Waals surface area contributed by atoms with Crippen molar-refractivity contribution in [3.63, 3.8) is 0 Å². The summed E-state index contributed by atoms with van der Waals surface area (Å²) in [5.74, 6) is 0. The van der Waals surface area contributed by atoms with Gasteiger partial charge in [0.25, 0.3) is 0 Å². The second-order valence-corrected chi connectivity index (χ2v) is 6.52. The lowest BCUT2D eigenvalue weighted by atomic mass is 10.0. The molecule has 0 saturated heterocycles. The predicted molar refractivity (Wildman–Crippen MR) is 107 cm³/mol. The summed E-state index contributed by atoms with van der Waals surface area (Å²) in [6.45, 7) is 0. The quantitative estimate of drug-likeness (QED) is 0.395. The normalized spacial score (nSPS) is 11.7. The fraction of sp³-hybridized carbons (Fsp3) is 0.0417. The van der Waals surface area contributed by atoms with Crippen molar-refractivity contribution in [1.82, 2.24) is 4.98 Å². The summed E-state index contributed by atoms with van der Waals surface area (Å²) >= 11 is 0. The molecule has 2 nitrogen and oxygen atoms in total. The number of para-hydroxylation sites is 2. The standard InChI is InChI=1S/C24H18N2/c1-3-8-19(9-4-1)26(20-10-5-2-6-11-20)21-14-13-18-16-24-22(23(18)17-21)12-7-15-25-24/h1-15,17H,16H2. The first kappa shape index (κ1) is 14.9. The molecule has 5 rings (SSSR count). The number of rotatable bonds is 3. The van der Waals surface area contributed by atoms with E-state index in [4.69, 9.17) is 0 Å². The number of benzene rings is 3. The maximum Gasteiger partial charge on any atom is 0.0525 e. The molecular weight excluding hydrogens is 316 g/mol. The second-order valence-electron chi connectivity index (χ2n) is 6.52. The molecule has 0 saturated carbocycles. The smallest absolute Gasteiger partial charge is 0.0525 e. The molecule has 124 valence electrons. The molecule has 0 unspecified atom stereocenters. The molecule has 4 aromatic rings. The Balaban J connectivity index is 1.68. The Bertz CT molecular complexity index is 1020. The minimum Gasteiger partial charge on any atom is -0.310 e. The fourth-order valence-corrected chi connectivity index (χ4v) is 3.71. The Kier molecular flexibility index (Phi) is 3.53. The zero-order valence-electron chi connectivity index (χ0n) is 14.3. The van der Waals surface area contributed by atoms with Gasteiger partial charge in [0, 0.05) is 35.2 Å². The number of hydrogen-bond donors (Lipinski definition) is 0. The van der Waals surface area contributed by atoms with E-state index in [2.05, 4.69) is 94.8 Å². The Labute approximate surface area is 153 Å². The molecule has 0 atom stereocenters. The maximum atomic E-state index is 4.55. The minimum absolute atomic E-state index is 0.919. The summed E-state index contributed by atoms with van der Waals surface area (Å²) in [6, 6.07) is 32.0. The monoisotopic (exact) mass is 334 g/mol. The van der Waals surface area contributed by atoms with Gasteiger partial charge < -0.3 is 4.90 Å². The average molecular weight is 334 g/mol. The van der Waals surface area contributed by atoms with Crippen LogP contribution in [0.15, 0.2) is 97.2 Å². The minimum atomic E-state index is 0.919. The van der Waals surface area contributed by atoms with Crippen LogP contribution in [0.4, 0.5) is 17.1 Å². The molecular formula is C24H18N2. The molecule has 3 aromatic carbocycles. The van der Waals surface area contributed by atoms with Gasteiger partial charge >= 0.3 is 0 Å². The molecule has 0 spiro atoms. The summed E-state index contributed by atoms with van der Waals surface area (Å²) < 4.78 is 0. The van der Waals surface area contributed by atoms with E-state index < -0.39 is 0 Å². The molecule has 0 aliphatic heterocycles. The zero-order valence-corrected chi connectivity index (χ0v) is 14.3. The lowest BCUT2D eigenvalue weighted by Crippen LogP contribution is -2.09. The summed E-state index contributed by atoms with van der Waals surface area (Å²) in [7, 11) is 0. The highest BCUT2D eigenvalue weighted by Gasteiger charge is 2.21. The van der Waals surface area contributed by atoms with Gasteiger partial charge in [0.05, 0.1) is 5.69 Å². The fourth-order valence-electron chi connectivity index (χ4n) is 3.71. The molecule has 0 N–H and O–H groups in total. The van der Waals surface area contributed by atoms with Crippen LogP contribution in [0.2, 0.25) is 0 Å². The number of pyridine rings is 1. The summed E-state index contributed by atoms with van der Waals surface area (Å²) in [6.07, 6.45) is 2.80. The van der Waals surface area contributed by atoms with Gasteiger partial charge in [-0.3, -0.25) is 4.98 Å². The number of nitrogens with zero attached hydrogens (tertiary/aromatic N) is 2. The van der Waals surface area contributed by atoms with E-state index >= 15 is 0 Å². The van der Waals surface area contributed by atoms with E-state index in [1.54, 1.807) is 0 Å². The predicted octanol–water partition coefficient (Wildman–Crippen LogP) is 6.12. The van der Waals surface area contributed by atoms with Crippen molar-refractivity contribution >= 4 is 17.1 Å². The van der Waals surface area contributed by atoms with Crippen LogP contribution in [0.25, 0.3) is 11.1 Å². The Morgan fingerprint density at radius 2 is 1.31 bits per heavy atom. The van der Waals surface area contributed by atoms with Crippen LogP contribution in [0, 0.1) is 0 Å². The molecule has 0 radical (unpaired) electrons. The summed E-state index contributed by atoms with van der Waals surface area (Å²) in [4.78, 5) is 6.85. The maximum absolute atomic E-state index is 4.55. The van der Waals surface area contributed by atoms with Gasteiger partial charge in [-0.25, -0.2) is 0 Å². The molecule has 26 heavy (non-hydrogen) atoms. The van der Waals surface area contributed by atoms with Crippen molar-refractivity contribution in [2.75, 3.05) is 4.90 Å². The van der Waals surface area contributed by atoms with Crippen molar-refractivity contribution in [2.24, 2.45) is 0 Å². The molecule has 1 aliphatic carbocycles. The van der Waals surface area contributed by atoms with Crippen LogP contribution in [0.3, 0.4) is 0 Å². The largest absolute Gasteiger partial charge is 0.310 e. The van der Waals surface area contributed by atoms with Gasteiger partial charge in [-0.15, -0.1) is 0 Å². The summed E-state index contributed by atoms with van der Waals surface area (Å²) in [5.41, 5.74) is 8.55. The number of aromatic nitrogens is 1. The summed E-state index contributed by atoms with van der Waals surface area (Å²) in [5, 5.41) is 0. The van der Waals surface area contributed by atoms with Crippen LogP contribution in [-0.4, -0.2) is 4.98 Å². The van der Waals surface area contributed by atoms with E-state index in [0.29, 0.717) is 0 Å². The van der Waals surface area contributed by atoms with Crippen LogP contribution in [0.1, 0.15) is 11.3 Å². The highest BCUT2D eigenvalue weighted by Crippen LogP contribution is 2.41. The van der Waals surface area contributed by atoms with Gasteiger partial charge in [0.1, 0.15) is 0 Å². The average Bonchev–Trinajstić information content (AvgIpc) is 3.08. The van der Waals surface area contributed by atoms with Crippen LogP contribution < -0.4 is 4.90 Å². The molecule has 1 heterocycles. The lowest BCUT2D eigenvalue weighted by molar-refractivity contribution is 1.12. The van der Waals surface area contributed by atoms with Gasteiger partial charge in [0.15, 0.2) is 0 Å². The third-order valence-electron chi connectivity index (χ3n) is 4.92. The third kappa shape index (κ3) is 2.47. The number of anilines is 3. The van der Waals surface area contributed by atoms with Crippen molar-refractivity contribution in [2.45, 2.75) is 6.42 Å². The number of fused-ring (bicyclic) bond motifs is 3. The Hall–Kier alpha value is -3.39. The highest BCUT2D eigenvalue weighted by atomic mass is 15.1. The van der Waals surface area contributed by atoms with E-state index in [9.17, 15) is 0 Å². The molecule has 1 aliphatic rings. The molecule has 0 bridgehead atoms. The Morgan fingerprint density at radius 1 is 0.615 bits per heavy atom. The van der Waals surface area contributed by atoms with E-state index in [1.807, 2.05) is 12.3 Å². The van der Waals surface area contributed by atoms with Crippen LogP contribution in [0.5, 0.6) is 0 Å². The lowest BCUT2D eigenvalue weighted by Gasteiger charge is -2.26. The van der Waals surface area contributed by atoms with E-state index in [1.165, 1.54) is 22.4 Å². The van der Waals surface area contributed by atoms with Gasteiger partial charge in [0.2, 0.25) is 0 Å². The third-order valence-corrected chi connectivity index (χ3v) is 4.92. The highest BCUT2D eigenvalue weighted by molar-refractivity contribution is 5.83. The zero-order chi connectivity index (χ0) is 17.3. The molecule has 0 fully saturated rings. The van der Waals surface area contributed by atoms with Crippen molar-refractivity contribution < 1.29 is 0 Å². The second kappa shape index (κ2) is 6.16. The molecule has 1 aromatic heterocycles. The first-order valence-electron chi connectivity index (χ1n) is 8.87. The van der Waals surface area contributed by atoms with Crippen LogP contribution in [-0.2, 0) is 6.42 Å². The van der Waals surface area contributed by atoms with Crippen molar-refractivity contribution in [1.29, 1.82) is 0 Å². The first-order valence-corrected chi connectivity index (χ1v) is 8.87. The first-order chi connectivity index (χ1) is 12.9. The van der Waals surface area contributed by atoms with Gasteiger partial charge in [-0.1, -0.05) is 48.5 Å². The molecule has 2 heteroatoms.